The van der Waals surface area contributed by atoms with Crippen LogP contribution in [0.4, 0.5) is 8.78 Å². The number of terminal acetylenes is 1. The van der Waals surface area contributed by atoms with Gasteiger partial charge in [-0.1, -0.05) is 34.5 Å². The number of nitrogens with zero attached hydrogens (tertiary/aromatic N) is 4. The Balaban J connectivity index is 1.67. The molecule has 1 aliphatic heterocycles. The third kappa shape index (κ3) is 4.79. The maximum atomic E-state index is 13.9. The van der Waals surface area contributed by atoms with E-state index in [4.69, 9.17) is 27.5 Å². The first kappa shape index (κ1) is 24.5. The van der Waals surface area contributed by atoms with Gasteiger partial charge >= 0.3 is 0 Å². The smallest absolute Gasteiger partial charge is 0.145 e. The molecule has 1 aromatic carbocycles. The Morgan fingerprint density at radius 2 is 2.03 bits per heavy atom. The van der Waals surface area contributed by atoms with Crippen molar-refractivity contribution in [2.24, 2.45) is 0 Å². The molecular formula is C22H19ClF2N4O4S. The van der Waals surface area contributed by atoms with Crippen molar-refractivity contribution >= 4 is 23.4 Å². The number of aliphatic hydroxyl groups is 2. The molecule has 8 nitrogen and oxygen atoms in total. The second kappa shape index (κ2) is 10.4. The largest absolute Gasteiger partial charge is 0.394 e. The van der Waals surface area contributed by atoms with E-state index in [1.54, 1.807) is 18.5 Å². The molecule has 1 fully saturated rings. The highest BCUT2D eigenvalue weighted by Crippen LogP contribution is 2.39. The van der Waals surface area contributed by atoms with Crippen LogP contribution < -0.4 is 0 Å². The lowest BCUT2D eigenvalue weighted by Gasteiger charge is -2.43. The summed E-state index contributed by atoms with van der Waals surface area (Å²) in [6, 6.07) is 2.97. The molecule has 4 rings (SSSR count). The Morgan fingerprint density at radius 3 is 2.68 bits per heavy atom. The molecule has 34 heavy (non-hydrogen) atoms. The van der Waals surface area contributed by atoms with Crippen LogP contribution in [0.1, 0.15) is 11.6 Å². The Kier molecular flexibility index (Phi) is 7.47. The molecule has 5 atom stereocenters. The zero-order valence-electron chi connectivity index (χ0n) is 17.7. The minimum Gasteiger partial charge on any atom is -0.394 e. The maximum Gasteiger partial charge on any atom is 0.145 e. The number of hydrogen-bond acceptors (Lipinski definition) is 8. The van der Waals surface area contributed by atoms with E-state index in [2.05, 4.69) is 21.2 Å². The van der Waals surface area contributed by atoms with Gasteiger partial charge in [-0.15, -0.1) is 11.5 Å². The van der Waals surface area contributed by atoms with Gasteiger partial charge in [-0.05, 0) is 18.2 Å². The van der Waals surface area contributed by atoms with Gasteiger partial charge < -0.3 is 19.7 Å². The lowest BCUT2D eigenvalue weighted by molar-refractivity contribution is -0.186. The summed E-state index contributed by atoms with van der Waals surface area (Å²) >= 11 is 6.81. The fourth-order valence-electron chi connectivity index (χ4n) is 3.66. The van der Waals surface area contributed by atoms with Crippen molar-refractivity contribution in [1.29, 1.82) is 0 Å². The van der Waals surface area contributed by atoms with Crippen LogP contribution in [0.2, 0.25) is 5.02 Å². The molecule has 1 saturated heterocycles. The van der Waals surface area contributed by atoms with E-state index in [0.29, 0.717) is 10.5 Å². The SMILES string of the molecule is C#Cc1cncc(S[C@H]2O[C@H](CO)[C@H](O)[C@H](n3cc(-c4cc(F)c(Cl)c(F)c4)nn3)[C@H]2OC)c1. The fourth-order valence-corrected chi connectivity index (χ4v) is 4.96. The minimum absolute atomic E-state index is 0.114. The quantitative estimate of drug-likeness (QED) is 0.387. The van der Waals surface area contributed by atoms with Crippen LogP contribution in [0.3, 0.4) is 0 Å². The molecule has 1 aliphatic rings. The summed E-state index contributed by atoms with van der Waals surface area (Å²) in [5, 5.41) is 28.1. The molecule has 12 heteroatoms. The van der Waals surface area contributed by atoms with Gasteiger partial charge in [0.2, 0.25) is 0 Å². The number of benzene rings is 1. The van der Waals surface area contributed by atoms with E-state index in [-0.39, 0.29) is 11.3 Å². The molecule has 2 N–H and O–H groups in total. The molecular weight excluding hydrogens is 490 g/mol. The highest BCUT2D eigenvalue weighted by Gasteiger charge is 2.47. The van der Waals surface area contributed by atoms with E-state index in [0.717, 1.165) is 12.1 Å². The number of aliphatic hydroxyl groups excluding tert-OH is 2. The molecule has 0 bridgehead atoms. The first-order chi connectivity index (χ1) is 16.4. The molecule has 3 aromatic rings. The lowest BCUT2D eigenvalue weighted by Crippen LogP contribution is -2.55. The van der Waals surface area contributed by atoms with Gasteiger partial charge in [0, 0.05) is 35.5 Å². The highest BCUT2D eigenvalue weighted by atomic mass is 35.5. The minimum atomic E-state index is -1.23. The van der Waals surface area contributed by atoms with E-state index >= 15 is 0 Å². The van der Waals surface area contributed by atoms with Crippen molar-refractivity contribution in [3.63, 3.8) is 0 Å². The Morgan fingerprint density at radius 1 is 1.29 bits per heavy atom. The summed E-state index contributed by atoms with van der Waals surface area (Å²) in [7, 11) is 1.44. The molecule has 3 heterocycles. The van der Waals surface area contributed by atoms with Crippen molar-refractivity contribution < 1.29 is 28.5 Å². The zero-order valence-corrected chi connectivity index (χ0v) is 19.2. The third-order valence-corrected chi connectivity index (χ3v) is 6.79. The van der Waals surface area contributed by atoms with Crippen LogP contribution in [0, 0.1) is 24.0 Å². The average Bonchev–Trinajstić information content (AvgIpc) is 3.32. The topological polar surface area (TPSA) is 103 Å². The van der Waals surface area contributed by atoms with Crippen molar-refractivity contribution in [2.75, 3.05) is 13.7 Å². The van der Waals surface area contributed by atoms with Crippen LogP contribution in [0.25, 0.3) is 11.3 Å². The normalized spacial score (nSPS) is 24.7. The van der Waals surface area contributed by atoms with E-state index in [1.165, 1.54) is 29.8 Å². The summed E-state index contributed by atoms with van der Waals surface area (Å²) < 4.78 is 40.7. The molecule has 0 spiro atoms. The predicted molar refractivity (Wildman–Crippen MR) is 120 cm³/mol. The monoisotopic (exact) mass is 508 g/mol. The van der Waals surface area contributed by atoms with Crippen LogP contribution in [0.5, 0.6) is 0 Å². The number of pyridine rings is 1. The lowest BCUT2D eigenvalue weighted by atomic mass is 9.97. The first-order valence-electron chi connectivity index (χ1n) is 9.98. The number of ether oxygens (including phenoxy) is 2. The number of rotatable bonds is 6. The summed E-state index contributed by atoms with van der Waals surface area (Å²) in [6.07, 6.45) is 7.07. The molecule has 178 valence electrons. The van der Waals surface area contributed by atoms with Crippen molar-refractivity contribution in [3.05, 3.63) is 59.0 Å². The fraction of sp³-hybridized carbons (Fsp3) is 0.318. The van der Waals surface area contributed by atoms with Gasteiger partial charge in [-0.2, -0.15) is 0 Å². The summed E-state index contributed by atoms with van der Waals surface area (Å²) in [4.78, 5) is 4.80. The van der Waals surface area contributed by atoms with Crippen molar-refractivity contribution in [1.82, 2.24) is 20.0 Å². The second-order valence-corrected chi connectivity index (χ2v) is 8.97. The Labute approximate surface area is 202 Å². The van der Waals surface area contributed by atoms with E-state index in [9.17, 15) is 19.0 Å². The predicted octanol–water partition coefficient (Wildman–Crippen LogP) is 2.68. The molecule has 2 aromatic heterocycles. The zero-order chi connectivity index (χ0) is 24.4. The second-order valence-electron chi connectivity index (χ2n) is 7.42. The summed E-state index contributed by atoms with van der Waals surface area (Å²) in [6.45, 7) is -0.469. The van der Waals surface area contributed by atoms with Gasteiger partial charge in [0.15, 0.2) is 0 Å². The van der Waals surface area contributed by atoms with Crippen molar-refractivity contribution in [3.8, 4) is 23.6 Å². The van der Waals surface area contributed by atoms with Gasteiger partial charge in [0.1, 0.15) is 52.1 Å². The van der Waals surface area contributed by atoms with Crippen LogP contribution in [-0.4, -0.2) is 67.7 Å². The molecule has 0 saturated carbocycles. The third-order valence-electron chi connectivity index (χ3n) is 5.32. The van der Waals surface area contributed by atoms with Crippen LogP contribution >= 0.6 is 23.4 Å². The summed E-state index contributed by atoms with van der Waals surface area (Å²) in [5.74, 6) is 0.633. The highest BCUT2D eigenvalue weighted by molar-refractivity contribution is 7.99. The molecule has 0 aliphatic carbocycles. The Bertz CT molecular complexity index is 1200. The Hall–Kier alpha value is -2.59. The number of aromatic nitrogens is 4. The van der Waals surface area contributed by atoms with Crippen LogP contribution in [-0.2, 0) is 9.47 Å². The molecule has 0 radical (unpaired) electrons. The molecule has 0 amide bonds. The number of hydrogen-bond donors (Lipinski definition) is 2. The summed E-state index contributed by atoms with van der Waals surface area (Å²) in [5.41, 5.74) is 0.151. The molecule has 0 unspecified atom stereocenters. The number of methoxy groups -OCH3 is 1. The van der Waals surface area contributed by atoms with Crippen molar-refractivity contribution in [2.45, 2.75) is 34.7 Å². The van der Waals surface area contributed by atoms with Crippen LogP contribution in [0.15, 0.2) is 41.7 Å². The average molecular weight is 509 g/mol. The standard InChI is InChI=1S/C22H19ClF2N4O4S/c1-3-11-4-13(8-26-7-11)34-22-21(32-2)19(20(31)17(10-30)33-22)29-9-16(27-28-29)12-5-14(24)18(23)15(25)6-12/h1,4-9,17,19-22,30-31H,10H2,2H3/t17-,19+,20+,21-,22-/m1/s1. The number of thioether (sulfide) groups is 1. The van der Waals surface area contributed by atoms with Gasteiger partial charge in [0.25, 0.3) is 0 Å². The van der Waals surface area contributed by atoms with Gasteiger partial charge in [-0.3, -0.25) is 4.98 Å². The van der Waals surface area contributed by atoms with Gasteiger partial charge in [0.05, 0.1) is 12.8 Å². The maximum absolute atomic E-state index is 13.9. The van der Waals surface area contributed by atoms with E-state index < -0.39 is 53.1 Å². The van der Waals surface area contributed by atoms with Gasteiger partial charge in [-0.25, -0.2) is 13.5 Å². The first-order valence-corrected chi connectivity index (χ1v) is 11.2. The number of halogens is 3. The van der Waals surface area contributed by atoms with E-state index in [1.807, 2.05) is 0 Å².